The van der Waals surface area contributed by atoms with E-state index in [1.54, 1.807) is 0 Å². The van der Waals surface area contributed by atoms with Gasteiger partial charge < -0.3 is 14.5 Å². The normalized spacial score (nSPS) is 23.3. The lowest BCUT2D eigenvalue weighted by atomic mass is 9.82. The maximum Gasteiger partial charge on any atom is 0.227 e. The van der Waals surface area contributed by atoms with Gasteiger partial charge in [-0.05, 0) is 44.4 Å². The summed E-state index contributed by atoms with van der Waals surface area (Å²) in [6.45, 7) is 11.3. The van der Waals surface area contributed by atoms with Crippen LogP contribution in [0.5, 0.6) is 0 Å². The second kappa shape index (κ2) is 11.0. The molecule has 29 heavy (non-hydrogen) atoms. The molecular formula is C24H40N2O3. The van der Waals surface area contributed by atoms with Crippen molar-refractivity contribution in [3.8, 4) is 11.8 Å². The highest BCUT2D eigenvalue weighted by Crippen LogP contribution is 2.29. The molecule has 0 aromatic rings. The fraction of sp³-hybridized carbons (Fsp3) is 0.833. The van der Waals surface area contributed by atoms with Crippen molar-refractivity contribution in [1.29, 1.82) is 0 Å². The molecule has 5 nitrogen and oxygen atoms in total. The molecule has 2 fully saturated rings. The van der Waals surface area contributed by atoms with Crippen molar-refractivity contribution >= 4 is 11.8 Å². The number of amides is 2. The van der Waals surface area contributed by atoms with Gasteiger partial charge in [-0.15, -0.1) is 0 Å². The minimum Gasteiger partial charge on any atom is -0.367 e. The number of carbonyl (C=O) groups is 2. The third-order valence-corrected chi connectivity index (χ3v) is 6.22. The van der Waals surface area contributed by atoms with E-state index in [4.69, 9.17) is 4.74 Å². The van der Waals surface area contributed by atoms with Crippen molar-refractivity contribution < 1.29 is 14.3 Å². The molecule has 0 unspecified atom stereocenters. The highest BCUT2D eigenvalue weighted by Gasteiger charge is 2.30. The molecule has 1 aliphatic heterocycles. The number of likely N-dealkylation sites (N-methyl/N-ethyl adjacent to an activating group) is 1. The molecule has 2 amide bonds. The van der Waals surface area contributed by atoms with Crippen LogP contribution >= 0.6 is 0 Å². The number of rotatable bonds is 5. The largest absolute Gasteiger partial charge is 0.367 e. The van der Waals surface area contributed by atoms with Crippen LogP contribution in [0.2, 0.25) is 0 Å². The average Bonchev–Trinajstić information content (AvgIpc) is 2.69. The fourth-order valence-corrected chi connectivity index (χ4v) is 4.14. The first-order valence-corrected chi connectivity index (χ1v) is 11.3. The number of hydrogen-bond donors (Lipinski definition) is 0. The zero-order chi connectivity index (χ0) is 21.4. The fourth-order valence-electron chi connectivity index (χ4n) is 4.14. The van der Waals surface area contributed by atoms with Crippen molar-refractivity contribution in [1.82, 2.24) is 9.80 Å². The molecule has 1 heterocycles. The smallest absolute Gasteiger partial charge is 0.227 e. The van der Waals surface area contributed by atoms with Gasteiger partial charge in [0.15, 0.2) is 0 Å². The second-order valence-electron chi connectivity index (χ2n) is 9.91. The molecule has 0 aromatic heterocycles. The topological polar surface area (TPSA) is 49.9 Å². The van der Waals surface area contributed by atoms with Gasteiger partial charge in [0, 0.05) is 43.9 Å². The predicted molar refractivity (Wildman–Crippen MR) is 116 cm³/mol. The number of carbonyl (C=O) groups excluding carboxylic acids is 2. The molecule has 2 aliphatic rings. The summed E-state index contributed by atoms with van der Waals surface area (Å²) < 4.78 is 5.62. The SMILES string of the molecule is CC1CCC(C(=O)N(C)CCOCC#CC2CCN(C(=O)C(C)(C)C)CC2)CC1. The van der Waals surface area contributed by atoms with Crippen LogP contribution in [0.3, 0.4) is 0 Å². The third kappa shape index (κ3) is 7.66. The standard InChI is InChI=1S/C24H40N2O3/c1-19-8-10-21(11-9-19)22(27)25(5)16-18-29-17-6-7-20-12-14-26(15-13-20)23(28)24(2,3)4/h19-21H,8-18H2,1-5H3. The van der Waals surface area contributed by atoms with E-state index in [9.17, 15) is 9.59 Å². The van der Waals surface area contributed by atoms with Gasteiger partial charge in [0.1, 0.15) is 6.61 Å². The van der Waals surface area contributed by atoms with Crippen LogP contribution < -0.4 is 0 Å². The molecule has 5 heteroatoms. The van der Waals surface area contributed by atoms with Gasteiger partial charge in [-0.1, -0.05) is 39.5 Å². The summed E-state index contributed by atoms with van der Waals surface area (Å²) in [5.41, 5.74) is -0.309. The van der Waals surface area contributed by atoms with Crippen molar-refractivity contribution in [3.63, 3.8) is 0 Å². The van der Waals surface area contributed by atoms with Gasteiger partial charge in [-0.3, -0.25) is 9.59 Å². The molecule has 0 N–H and O–H groups in total. The average molecular weight is 405 g/mol. The molecule has 1 saturated heterocycles. The minimum absolute atomic E-state index is 0.201. The Balaban J connectivity index is 1.59. The van der Waals surface area contributed by atoms with E-state index < -0.39 is 0 Å². The molecule has 0 aromatic carbocycles. The molecule has 0 radical (unpaired) electrons. The van der Waals surface area contributed by atoms with Crippen LogP contribution in [0.15, 0.2) is 0 Å². The lowest BCUT2D eigenvalue weighted by molar-refractivity contribution is -0.140. The highest BCUT2D eigenvalue weighted by atomic mass is 16.5. The van der Waals surface area contributed by atoms with Crippen molar-refractivity contribution in [2.75, 3.05) is 39.9 Å². The Hall–Kier alpha value is -1.54. The van der Waals surface area contributed by atoms with Gasteiger partial charge >= 0.3 is 0 Å². The van der Waals surface area contributed by atoms with Crippen LogP contribution in [0.4, 0.5) is 0 Å². The molecular weight excluding hydrogens is 364 g/mol. The molecule has 1 aliphatic carbocycles. The Bertz CT molecular complexity index is 598. The summed E-state index contributed by atoms with van der Waals surface area (Å²) in [5.74, 6) is 8.22. The monoisotopic (exact) mass is 404 g/mol. The Morgan fingerprint density at radius 2 is 1.69 bits per heavy atom. The molecule has 2 rings (SSSR count). The first-order chi connectivity index (χ1) is 13.7. The Morgan fingerprint density at radius 1 is 1.07 bits per heavy atom. The van der Waals surface area contributed by atoms with Gasteiger partial charge in [0.25, 0.3) is 0 Å². The number of piperidine rings is 1. The Kier molecular flexibility index (Phi) is 9.02. The Labute approximate surface area is 177 Å². The van der Waals surface area contributed by atoms with Crippen LogP contribution in [-0.4, -0.2) is 61.5 Å². The first-order valence-electron chi connectivity index (χ1n) is 11.3. The summed E-state index contributed by atoms with van der Waals surface area (Å²) in [7, 11) is 1.88. The van der Waals surface area contributed by atoms with E-state index in [1.165, 1.54) is 12.8 Å². The number of ether oxygens (including phenoxy) is 1. The predicted octanol–water partition coefficient (Wildman–Crippen LogP) is 3.58. The van der Waals surface area contributed by atoms with E-state index >= 15 is 0 Å². The second-order valence-corrected chi connectivity index (χ2v) is 9.91. The van der Waals surface area contributed by atoms with Crippen molar-refractivity contribution in [2.24, 2.45) is 23.2 Å². The number of nitrogens with zero attached hydrogens (tertiary/aromatic N) is 2. The van der Waals surface area contributed by atoms with Gasteiger partial charge in [0.2, 0.25) is 11.8 Å². The number of hydrogen-bond acceptors (Lipinski definition) is 3. The zero-order valence-corrected chi connectivity index (χ0v) is 19.1. The minimum atomic E-state index is -0.309. The maximum atomic E-state index is 12.5. The molecule has 0 spiro atoms. The highest BCUT2D eigenvalue weighted by molar-refractivity contribution is 5.81. The molecule has 164 valence electrons. The lowest BCUT2D eigenvalue weighted by Gasteiger charge is -2.34. The van der Waals surface area contributed by atoms with E-state index in [-0.39, 0.29) is 23.1 Å². The van der Waals surface area contributed by atoms with E-state index in [0.717, 1.165) is 44.7 Å². The van der Waals surface area contributed by atoms with Crippen molar-refractivity contribution in [3.05, 3.63) is 0 Å². The molecule has 1 saturated carbocycles. The van der Waals surface area contributed by atoms with Gasteiger partial charge in [-0.25, -0.2) is 0 Å². The van der Waals surface area contributed by atoms with E-state index in [0.29, 0.717) is 25.7 Å². The van der Waals surface area contributed by atoms with Gasteiger partial charge in [-0.2, -0.15) is 0 Å². The third-order valence-electron chi connectivity index (χ3n) is 6.22. The van der Waals surface area contributed by atoms with Crippen molar-refractivity contribution in [2.45, 2.75) is 66.2 Å². The van der Waals surface area contributed by atoms with Crippen LogP contribution in [0.25, 0.3) is 0 Å². The summed E-state index contributed by atoms with van der Waals surface area (Å²) in [6, 6.07) is 0. The number of likely N-dealkylation sites (tertiary alicyclic amines) is 1. The summed E-state index contributed by atoms with van der Waals surface area (Å²) in [5, 5.41) is 0. The lowest BCUT2D eigenvalue weighted by Crippen LogP contribution is -2.43. The van der Waals surface area contributed by atoms with E-state index in [1.807, 2.05) is 37.6 Å². The first kappa shape index (κ1) is 23.7. The molecule has 0 bridgehead atoms. The van der Waals surface area contributed by atoms with Crippen LogP contribution in [-0.2, 0) is 14.3 Å². The van der Waals surface area contributed by atoms with Crippen LogP contribution in [0.1, 0.15) is 66.2 Å². The van der Waals surface area contributed by atoms with Crippen LogP contribution in [0, 0.1) is 35.0 Å². The maximum absolute atomic E-state index is 12.5. The summed E-state index contributed by atoms with van der Waals surface area (Å²) in [4.78, 5) is 28.6. The summed E-state index contributed by atoms with van der Waals surface area (Å²) >= 11 is 0. The molecule has 0 atom stereocenters. The van der Waals surface area contributed by atoms with E-state index in [2.05, 4.69) is 18.8 Å². The summed E-state index contributed by atoms with van der Waals surface area (Å²) in [6.07, 6.45) is 6.26. The quantitative estimate of drug-likeness (QED) is 0.520. The Morgan fingerprint density at radius 3 is 2.28 bits per heavy atom. The zero-order valence-electron chi connectivity index (χ0n) is 19.1. The van der Waals surface area contributed by atoms with Gasteiger partial charge in [0.05, 0.1) is 6.61 Å².